The van der Waals surface area contributed by atoms with Gasteiger partial charge in [0.2, 0.25) is 5.91 Å². The summed E-state index contributed by atoms with van der Waals surface area (Å²) in [7, 11) is 0. The van der Waals surface area contributed by atoms with Crippen LogP contribution in [0.3, 0.4) is 0 Å². The number of amides is 1. The summed E-state index contributed by atoms with van der Waals surface area (Å²) >= 11 is 5.53. The minimum absolute atomic E-state index is 0.305. The molecule has 5 rings (SSSR count). The largest absolute Gasteiger partial charge is 0.361 e. The standard InChI is InChI=1S/C26H20ClN5O/c27-12-10-25(33)31-20-7-9-23-22(14-20)26(30-17-29-23)32(16-18-4-2-1-3-5-18)21-8-6-19-11-13-28-24(19)15-21/h1-15,17,28H,16H2,(H,31,33)/b12-10+. The first-order valence-electron chi connectivity index (χ1n) is 10.4. The fourth-order valence-corrected chi connectivity index (χ4v) is 3.95. The van der Waals surface area contributed by atoms with Crippen molar-refractivity contribution in [1.29, 1.82) is 0 Å². The van der Waals surface area contributed by atoms with E-state index in [-0.39, 0.29) is 5.91 Å². The van der Waals surface area contributed by atoms with E-state index in [1.54, 1.807) is 6.33 Å². The zero-order chi connectivity index (χ0) is 22.6. The first kappa shape index (κ1) is 20.7. The number of benzene rings is 3. The Morgan fingerprint density at radius 1 is 1.03 bits per heavy atom. The highest BCUT2D eigenvalue weighted by Gasteiger charge is 2.17. The number of aromatic nitrogens is 3. The summed E-state index contributed by atoms with van der Waals surface area (Å²) in [4.78, 5) is 26.5. The molecule has 2 heterocycles. The topological polar surface area (TPSA) is 73.9 Å². The van der Waals surface area contributed by atoms with Crippen LogP contribution in [0.2, 0.25) is 0 Å². The number of fused-ring (bicyclic) bond motifs is 2. The molecule has 0 bridgehead atoms. The molecule has 0 atom stereocenters. The van der Waals surface area contributed by atoms with E-state index >= 15 is 0 Å². The maximum absolute atomic E-state index is 12.0. The Labute approximate surface area is 195 Å². The van der Waals surface area contributed by atoms with Crippen molar-refractivity contribution in [2.45, 2.75) is 6.54 Å². The molecule has 7 heteroatoms. The van der Waals surface area contributed by atoms with Crippen molar-refractivity contribution < 1.29 is 4.79 Å². The van der Waals surface area contributed by atoms with Crippen molar-refractivity contribution in [3.8, 4) is 0 Å². The Balaban J connectivity index is 1.64. The average molecular weight is 454 g/mol. The number of aromatic amines is 1. The van der Waals surface area contributed by atoms with Crippen LogP contribution in [0, 0.1) is 0 Å². The van der Waals surface area contributed by atoms with E-state index in [9.17, 15) is 4.79 Å². The number of H-pyrrole nitrogens is 1. The molecule has 0 fully saturated rings. The summed E-state index contributed by atoms with van der Waals surface area (Å²) in [6.45, 7) is 0.616. The maximum Gasteiger partial charge on any atom is 0.249 e. The fraction of sp³-hybridized carbons (Fsp3) is 0.0385. The minimum Gasteiger partial charge on any atom is -0.361 e. The van der Waals surface area contributed by atoms with Crippen LogP contribution < -0.4 is 10.2 Å². The van der Waals surface area contributed by atoms with Crippen molar-refractivity contribution in [3.05, 3.63) is 102 Å². The molecule has 2 N–H and O–H groups in total. The van der Waals surface area contributed by atoms with Gasteiger partial charge in [-0.15, -0.1) is 0 Å². The molecule has 6 nitrogen and oxygen atoms in total. The van der Waals surface area contributed by atoms with Crippen LogP contribution in [-0.2, 0) is 11.3 Å². The van der Waals surface area contributed by atoms with Crippen molar-refractivity contribution in [1.82, 2.24) is 15.0 Å². The van der Waals surface area contributed by atoms with Crippen LogP contribution in [0.5, 0.6) is 0 Å². The van der Waals surface area contributed by atoms with E-state index < -0.39 is 0 Å². The second kappa shape index (κ2) is 9.14. The second-order valence-electron chi connectivity index (χ2n) is 7.53. The summed E-state index contributed by atoms with van der Waals surface area (Å²) in [6.07, 6.45) is 4.76. The quantitative estimate of drug-likeness (QED) is 0.303. The summed E-state index contributed by atoms with van der Waals surface area (Å²) in [5.41, 5.74) is 5.79. The lowest BCUT2D eigenvalue weighted by Crippen LogP contribution is -2.18. The predicted octanol–water partition coefficient (Wildman–Crippen LogP) is 6.14. The molecule has 3 aromatic carbocycles. The van der Waals surface area contributed by atoms with Gasteiger partial charge in [-0.3, -0.25) is 4.79 Å². The molecule has 0 aliphatic rings. The number of halogens is 1. The molecule has 0 saturated heterocycles. The number of nitrogens with zero attached hydrogens (tertiary/aromatic N) is 3. The summed E-state index contributed by atoms with van der Waals surface area (Å²) in [6, 6.07) is 24.1. The van der Waals surface area contributed by atoms with Crippen molar-refractivity contribution in [2.24, 2.45) is 0 Å². The van der Waals surface area contributed by atoms with Gasteiger partial charge in [0, 0.05) is 46.6 Å². The lowest BCUT2D eigenvalue weighted by molar-refractivity contribution is -0.111. The van der Waals surface area contributed by atoms with E-state index in [0.717, 1.165) is 38.9 Å². The highest BCUT2D eigenvalue weighted by atomic mass is 35.5. The summed E-state index contributed by atoms with van der Waals surface area (Å²) in [5, 5.41) is 4.79. The molecular formula is C26H20ClN5O. The van der Waals surface area contributed by atoms with Crippen LogP contribution in [0.15, 0.2) is 96.9 Å². The number of carbonyl (C=O) groups excluding carboxylic acids is 1. The summed E-state index contributed by atoms with van der Waals surface area (Å²) < 4.78 is 0. The normalized spacial score (nSPS) is 11.3. The molecule has 0 saturated carbocycles. The Morgan fingerprint density at radius 3 is 2.76 bits per heavy atom. The van der Waals surface area contributed by atoms with Crippen LogP contribution in [0.25, 0.3) is 21.8 Å². The number of nitrogens with one attached hydrogen (secondary N) is 2. The van der Waals surface area contributed by atoms with Gasteiger partial charge in [-0.1, -0.05) is 48.0 Å². The van der Waals surface area contributed by atoms with Crippen molar-refractivity contribution in [3.63, 3.8) is 0 Å². The third kappa shape index (κ3) is 4.42. The molecule has 0 spiro atoms. The first-order chi connectivity index (χ1) is 16.2. The first-order valence-corrected chi connectivity index (χ1v) is 10.9. The second-order valence-corrected chi connectivity index (χ2v) is 7.78. The van der Waals surface area contributed by atoms with Crippen LogP contribution in [0.4, 0.5) is 17.2 Å². The van der Waals surface area contributed by atoms with Gasteiger partial charge in [0.15, 0.2) is 0 Å². The third-order valence-electron chi connectivity index (χ3n) is 5.39. The van der Waals surface area contributed by atoms with Gasteiger partial charge in [0.05, 0.1) is 5.52 Å². The van der Waals surface area contributed by atoms with Crippen LogP contribution in [0.1, 0.15) is 5.56 Å². The Bertz CT molecular complexity index is 1460. The van der Waals surface area contributed by atoms with Gasteiger partial charge < -0.3 is 15.2 Å². The van der Waals surface area contributed by atoms with E-state index in [1.807, 2.05) is 48.7 Å². The molecule has 0 unspecified atom stereocenters. The highest BCUT2D eigenvalue weighted by molar-refractivity contribution is 6.27. The monoisotopic (exact) mass is 453 g/mol. The smallest absolute Gasteiger partial charge is 0.249 e. The van der Waals surface area contributed by atoms with E-state index in [4.69, 9.17) is 11.6 Å². The molecule has 0 radical (unpaired) electrons. The molecule has 5 aromatic rings. The van der Waals surface area contributed by atoms with Gasteiger partial charge >= 0.3 is 0 Å². The van der Waals surface area contributed by atoms with E-state index in [1.165, 1.54) is 11.6 Å². The zero-order valence-corrected chi connectivity index (χ0v) is 18.3. The van der Waals surface area contributed by atoms with Gasteiger partial charge in [0.25, 0.3) is 0 Å². The lowest BCUT2D eigenvalue weighted by Gasteiger charge is -2.25. The SMILES string of the molecule is O=C(/C=C/Cl)Nc1ccc2ncnc(N(Cc3ccccc3)c3ccc4cc[nH]c4c3)c2c1. The van der Waals surface area contributed by atoms with Gasteiger partial charge in [-0.05, 0) is 47.3 Å². The average Bonchev–Trinajstić information content (AvgIpc) is 3.31. The Morgan fingerprint density at radius 2 is 1.91 bits per heavy atom. The van der Waals surface area contributed by atoms with Gasteiger partial charge in [-0.2, -0.15) is 0 Å². The number of hydrogen-bond donors (Lipinski definition) is 2. The molecule has 162 valence electrons. The van der Waals surface area contributed by atoms with Crippen LogP contribution in [-0.4, -0.2) is 20.9 Å². The Hall–Kier alpha value is -4.16. The zero-order valence-electron chi connectivity index (χ0n) is 17.6. The van der Waals surface area contributed by atoms with Gasteiger partial charge in [-0.25, -0.2) is 9.97 Å². The molecule has 0 aliphatic carbocycles. The van der Waals surface area contributed by atoms with E-state index in [2.05, 4.69) is 55.5 Å². The summed E-state index contributed by atoms with van der Waals surface area (Å²) in [5.74, 6) is 0.444. The van der Waals surface area contributed by atoms with E-state index in [0.29, 0.717) is 12.2 Å². The minimum atomic E-state index is -0.305. The number of carbonyl (C=O) groups is 1. The lowest BCUT2D eigenvalue weighted by atomic mass is 10.1. The van der Waals surface area contributed by atoms with Gasteiger partial charge in [0.1, 0.15) is 12.1 Å². The Kier molecular flexibility index (Phi) is 5.74. The highest BCUT2D eigenvalue weighted by Crippen LogP contribution is 2.34. The maximum atomic E-state index is 12.0. The third-order valence-corrected chi connectivity index (χ3v) is 5.51. The molecule has 2 aromatic heterocycles. The molecule has 0 aliphatic heterocycles. The fourth-order valence-electron chi connectivity index (χ4n) is 3.84. The molecular weight excluding hydrogens is 434 g/mol. The van der Waals surface area contributed by atoms with Crippen LogP contribution >= 0.6 is 11.6 Å². The number of hydrogen-bond acceptors (Lipinski definition) is 4. The molecule has 33 heavy (non-hydrogen) atoms. The van der Waals surface area contributed by atoms with Crippen molar-refractivity contribution >= 4 is 56.5 Å². The predicted molar refractivity (Wildman–Crippen MR) is 134 cm³/mol. The number of rotatable bonds is 6. The molecule has 1 amide bonds. The van der Waals surface area contributed by atoms with Crippen molar-refractivity contribution in [2.75, 3.05) is 10.2 Å². The number of anilines is 3.